The second-order valence-electron chi connectivity index (χ2n) is 3.38. The van der Waals surface area contributed by atoms with E-state index in [0.29, 0.717) is 17.8 Å². The van der Waals surface area contributed by atoms with Crippen LogP contribution in [0.15, 0.2) is 21.2 Å². The molecule has 0 amide bonds. The molecule has 0 fully saturated rings. The quantitative estimate of drug-likeness (QED) is 0.831. The normalized spacial score (nSPS) is 15.2. The molecule has 1 rings (SSSR count). The third-order valence-electron chi connectivity index (χ3n) is 2.04. The van der Waals surface area contributed by atoms with Crippen molar-refractivity contribution in [2.75, 3.05) is 20.3 Å². The van der Waals surface area contributed by atoms with Gasteiger partial charge in [0, 0.05) is 13.7 Å². The van der Waals surface area contributed by atoms with Crippen molar-refractivity contribution in [3.8, 4) is 0 Å². The average molecular weight is 278 g/mol. The third-order valence-corrected chi connectivity index (χ3v) is 2.47. The molecule has 0 aliphatic carbocycles. The lowest BCUT2D eigenvalue weighted by atomic mass is 10.2. The number of aliphatic hydroxyl groups is 1. The molecule has 0 aliphatic heterocycles. The van der Waals surface area contributed by atoms with E-state index in [1.807, 2.05) is 19.1 Å². The Morgan fingerprint density at radius 3 is 2.87 bits per heavy atom. The van der Waals surface area contributed by atoms with Gasteiger partial charge in [0.1, 0.15) is 5.76 Å². The monoisotopic (exact) mass is 277 g/mol. The number of furan rings is 1. The molecule has 0 spiro atoms. The van der Waals surface area contributed by atoms with Gasteiger partial charge in [-0.1, -0.05) is 0 Å². The summed E-state index contributed by atoms with van der Waals surface area (Å²) >= 11 is 3.24. The van der Waals surface area contributed by atoms with Gasteiger partial charge >= 0.3 is 0 Å². The van der Waals surface area contributed by atoms with Crippen molar-refractivity contribution in [2.45, 2.75) is 19.1 Å². The Kier molecular flexibility index (Phi) is 5.31. The minimum atomic E-state index is -0.490. The van der Waals surface area contributed by atoms with Crippen LogP contribution in [-0.2, 0) is 4.74 Å². The van der Waals surface area contributed by atoms with E-state index >= 15 is 0 Å². The number of ether oxygens (including phenoxy) is 1. The number of aliphatic hydroxyl groups excluding tert-OH is 1. The summed E-state index contributed by atoms with van der Waals surface area (Å²) in [6.45, 7) is 2.79. The summed E-state index contributed by atoms with van der Waals surface area (Å²) in [5.41, 5.74) is 0. The predicted molar refractivity (Wildman–Crippen MR) is 60.7 cm³/mol. The Balaban J connectivity index is 2.33. The summed E-state index contributed by atoms with van der Waals surface area (Å²) < 4.78 is 10.9. The molecule has 1 heterocycles. The second-order valence-corrected chi connectivity index (χ2v) is 4.16. The van der Waals surface area contributed by atoms with Crippen molar-refractivity contribution in [3.63, 3.8) is 0 Å². The van der Waals surface area contributed by atoms with Gasteiger partial charge < -0.3 is 19.6 Å². The standard InChI is InChI=1S/C10H16BrNO3/c1-7(9-3-4-10(11)15-9)12-5-8(13)6-14-2/h3-4,7-8,12-13H,5-6H2,1-2H3. The molecule has 5 heteroatoms. The highest BCUT2D eigenvalue weighted by molar-refractivity contribution is 9.10. The highest BCUT2D eigenvalue weighted by atomic mass is 79.9. The summed E-state index contributed by atoms with van der Waals surface area (Å²) in [4.78, 5) is 0. The van der Waals surface area contributed by atoms with Gasteiger partial charge in [-0.25, -0.2) is 0 Å². The van der Waals surface area contributed by atoms with Gasteiger partial charge in [0.15, 0.2) is 4.67 Å². The zero-order valence-electron chi connectivity index (χ0n) is 8.87. The average Bonchev–Trinajstić information content (AvgIpc) is 2.62. The van der Waals surface area contributed by atoms with Crippen LogP contribution in [0, 0.1) is 0 Å². The van der Waals surface area contributed by atoms with E-state index in [9.17, 15) is 5.11 Å². The molecule has 4 nitrogen and oxygen atoms in total. The maximum absolute atomic E-state index is 9.42. The molecule has 0 aromatic carbocycles. The van der Waals surface area contributed by atoms with E-state index in [0.717, 1.165) is 5.76 Å². The van der Waals surface area contributed by atoms with Gasteiger partial charge in [-0.15, -0.1) is 0 Å². The molecular weight excluding hydrogens is 262 g/mol. The molecule has 1 aromatic rings. The highest BCUT2D eigenvalue weighted by Gasteiger charge is 2.11. The minimum absolute atomic E-state index is 0.0720. The molecule has 2 unspecified atom stereocenters. The van der Waals surface area contributed by atoms with Crippen LogP contribution < -0.4 is 5.32 Å². The number of methoxy groups -OCH3 is 1. The first kappa shape index (κ1) is 12.7. The molecular formula is C10H16BrNO3. The van der Waals surface area contributed by atoms with Crippen molar-refractivity contribution in [2.24, 2.45) is 0 Å². The van der Waals surface area contributed by atoms with Gasteiger partial charge in [-0.3, -0.25) is 0 Å². The number of hydrogen-bond donors (Lipinski definition) is 2. The predicted octanol–water partition coefficient (Wildman–Crippen LogP) is 1.70. The topological polar surface area (TPSA) is 54.6 Å². The first-order valence-electron chi connectivity index (χ1n) is 4.79. The van der Waals surface area contributed by atoms with Crippen molar-refractivity contribution < 1.29 is 14.3 Å². The fraction of sp³-hybridized carbons (Fsp3) is 0.600. The molecule has 0 aliphatic rings. The number of hydrogen-bond acceptors (Lipinski definition) is 4. The van der Waals surface area contributed by atoms with Crippen molar-refractivity contribution in [1.82, 2.24) is 5.32 Å². The lowest BCUT2D eigenvalue weighted by molar-refractivity contribution is 0.0626. The van der Waals surface area contributed by atoms with E-state index < -0.39 is 6.10 Å². The van der Waals surface area contributed by atoms with Crippen LogP contribution in [0.1, 0.15) is 18.7 Å². The van der Waals surface area contributed by atoms with Gasteiger partial charge in [0.25, 0.3) is 0 Å². The molecule has 0 bridgehead atoms. The SMILES string of the molecule is COCC(O)CNC(C)c1ccc(Br)o1. The van der Waals surface area contributed by atoms with Gasteiger partial charge in [-0.2, -0.15) is 0 Å². The Morgan fingerprint density at radius 2 is 2.33 bits per heavy atom. The van der Waals surface area contributed by atoms with Crippen molar-refractivity contribution >= 4 is 15.9 Å². The van der Waals surface area contributed by atoms with Crippen LogP contribution in [0.2, 0.25) is 0 Å². The van der Waals surface area contributed by atoms with E-state index in [4.69, 9.17) is 9.15 Å². The molecule has 86 valence electrons. The Hall–Kier alpha value is -0.360. The fourth-order valence-corrected chi connectivity index (χ4v) is 1.54. The molecule has 1 aromatic heterocycles. The van der Waals surface area contributed by atoms with Crippen LogP contribution in [0.4, 0.5) is 0 Å². The molecule has 15 heavy (non-hydrogen) atoms. The number of rotatable bonds is 6. The summed E-state index contributed by atoms with van der Waals surface area (Å²) in [5.74, 6) is 0.839. The molecule has 0 saturated heterocycles. The van der Waals surface area contributed by atoms with Crippen LogP contribution in [0.25, 0.3) is 0 Å². The fourth-order valence-electron chi connectivity index (χ4n) is 1.23. The lowest BCUT2D eigenvalue weighted by Gasteiger charge is -2.14. The van der Waals surface area contributed by atoms with Crippen molar-refractivity contribution in [3.05, 3.63) is 22.6 Å². The Bertz CT molecular complexity index is 290. The maximum Gasteiger partial charge on any atom is 0.169 e. The summed E-state index contributed by atoms with van der Waals surface area (Å²) in [7, 11) is 1.57. The summed E-state index contributed by atoms with van der Waals surface area (Å²) in [5, 5.41) is 12.6. The van der Waals surface area contributed by atoms with E-state index in [-0.39, 0.29) is 6.04 Å². The Morgan fingerprint density at radius 1 is 1.60 bits per heavy atom. The van der Waals surface area contributed by atoms with Gasteiger partial charge in [0.05, 0.1) is 18.8 Å². The third kappa shape index (κ3) is 4.34. The van der Waals surface area contributed by atoms with E-state index in [1.54, 1.807) is 7.11 Å². The Labute approximate surface area is 97.7 Å². The van der Waals surface area contributed by atoms with Crippen molar-refractivity contribution in [1.29, 1.82) is 0 Å². The largest absolute Gasteiger partial charge is 0.453 e. The molecule has 0 radical (unpaired) electrons. The van der Waals surface area contributed by atoms with Gasteiger partial charge in [-0.05, 0) is 35.0 Å². The lowest BCUT2D eigenvalue weighted by Crippen LogP contribution is -2.31. The summed E-state index contributed by atoms with van der Waals surface area (Å²) in [6, 6.07) is 3.81. The first-order valence-corrected chi connectivity index (χ1v) is 5.58. The zero-order chi connectivity index (χ0) is 11.3. The molecule has 0 saturated carbocycles. The maximum atomic E-state index is 9.42. The van der Waals surface area contributed by atoms with Crippen LogP contribution in [-0.4, -0.2) is 31.5 Å². The van der Waals surface area contributed by atoms with Crippen LogP contribution in [0.5, 0.6) is 0 Å². The minimum Gasteiger partial charge on any atom is -0.453 e. The first-order chi connectivity index (χ1) is 7.13. The zero-order valence-corrected chi connectivity index (χ0v) is 10.5. The molecule has 2 N–H and O–H groups in total. The highest BCUT2D eigenvalue weighted by Crippen LogP contribution is 2.19. The number of halogens is 1. The van der Waals surface area contributed by atoms with Crippen LogP contribution >= 0.6 is 15.9 Å². The number of nitrogens with one attached hydrogen (secondary N) is 1. The second kappa shape index (κ2) is 6.27. The molecule has 2 atom stereocenters. The van der Waals surface area contributed by atoms with E-state index in [2.05, 4.69) is 21.2 Å². The van der Waals surface area contributed by atoms with E-state index in [1.165, 1.54) is 0 Å². The smallest absolute Gasteiger partial charge is 0.169 e. The van der Waals surface area contributed by atoms with Crippen LogP contribution in [0.3, 0.4) is 0 Å². The van der Waals surface area contributed by atoms with Gasteiger partial charge in [0.2, 0.25) is 0 Å². The summed E-state index contributed by atoms with van der Waals surface area (Å²) in [6.07, 6.45) is -0.490.